The molecule has 1 aromatic carbocycles. The van der Waals surface area contributed by atoms with Crippen LogP contribution in [-0.4, -0.2) is 38.0 Å². The molecule has 5 nitrogen and oxygen atoms in total. The second-order valence-corrected chi connectivity index (χ2v) is 6.67. The monoisotopic (exact) mass is 286 g/mol. The Morgan fingerprint density at radius 1 is 1.26 bits per heavy atom. The first kappa shape index (κ1) is 15.9. The van der Waals surface area contributed by atoms with Crippen LogP contribution < -0.4 is 5.73 Å². The van der Waals surface area contributed by atoms with Gasteiger partial charge in [0, 0.05) is 20.2 Å². The Balaban J connectivity index is 2.79. The fourth-order valence-corrected chi connectivity index (χ4v) is 3.12. The predicted octanol–water partition coefficient (Wildman–Crippen LogP) is 1.36. The summed E-state index contributed by atoms with van der Waals surface area (Å²) in [5, 5.41) is 8.68. The highest BCUT2D eigenvalue weighted by atomic mass is 32.2. The van der Waals surface area contributed by atoms with Crippen LogP contribution in [-0.2, 0) is 10.0 Å². The number of hydrogen-bond donors (Lipinski definition) is 2. The minimum Gasteiger partial charge on any atom is -0.398 e. The highest BCUT2D eigenvalue weighted by Crippen LogP contribution is 2.22. The average Bonchev–Trinajstić information content (AvgIpc) is 2.33. The first-order chi connectivity index (χ1) is 8.89. The zero-order chi connectivity index (χ0) is 14.5. The maximum Gasteiger partial charge on any atom is 0.244 e. The fraction of sp³-hybridized carbons (Fsp3) is 0.538. The van der Waals surface area contributed by atoms with Gasteiger partial charge in [0.15, 0.2) is 0 Å². The molecule has 1 aromatic rings. The molecule has 0 amide bonds. The van der Waals surface area contributed by atoms with Crippen LogP contribution in [0.1, 0.15) is 24.8 Å². The molecule has 0 spiro atoms. The summed E-state index contributed by atoms with van der Waals surface area (Å²) in [5.41, 5.74) is 7.00. The number of aliphatic hydroxyl groups is 1. The topological polar surface area (TPSA) is 83.6 Å². The summed E-state index contributed by atoms with van der Waals surface area (Å²) in [6.07, 6.45) is 2.22. The van der Waals surface area contributed by atoms with Crippen LogP contribution >= 0.6 is 0 Å². The van der Waals surface area contributed by atoms with Crippen LogP contribution in [0.5, 0.6) is 0 Å². The summed E-state index contributed by atoms with van der Waals surface area (Å²) >= 11 is 0. The van der Waals surface area contributed by atoms with E-state index in [-0.39, 0.29) is 17.2 Å². The number of unbranched alkanes of at least 4 members (excludes halogenated alkanes) is 2. The van der Waals surface area contributed by atoms with Crippen molar-refractivity contribution in [1.29, 1.82) is 0 Å². The first-order valence-corrected chi connectivity index (χ1v) is 7.77. The summed E-state index contributed by atoms with van der Waals surface area (Å²) in [6.45, 7) is 2.43. The van der Waals surface area contributed by atoms with Gasteiger partial charge >= 0.3 is 0 Å². The van der Waals surface area contributed by atoms with Crippen LogP contribution in [0, 0.1) is 6.92 Å². The van der Waals surface area contributed by atoms with E-state index < -0.39 is 10.0 Å². The standard InChI is InChI=1S/C13H22N2O3S/c1-11-6-7-13(12(14)10-11)19(17,18)15(2)8-4-3-5-9-16/h6-7,10,16H,3-5,8-9,14H2,1-2H3. The van der Waals surface area contributed by atoms with Gasteiger partial charge in [-0.1, -0.05) is 6.07 Å². The Kier molecular flexibility index (Phi) is 5.78. The van der Waals surface area contributed by atoms with Gasteiger partial charge in [0.1, 0.15) is 4.90 Å². The molecule has 0 saturated heterocycles. The van der Waals surface area contributed by atoms with E-state index in [1.807, 2.05) is 6.92 Å². The predicted molar refractivity (Wildman–Crippen MR) is 76.3 cm³/mol. The van der Waals surface area contributed by atoms with Crippen LogP contribution in [0.2, 0.25) is 0 Å². The zero-order valence-corrected chi connectivity index (χ0v) is 12.3. The highest BCUT2D eigenvalue weighted by molar-refractivity contribution is 7.89. The van der Waals surface area contributed by atoms with E-state index in [0.29, 0.717) is 13.0 Å². The molecule has 0 aliphatic heterocycles. The number of nitrogens with two attached hydrogens (primary N) is 1. The molecule has 0 fully saturated rings. The molecule has 0 bridgehead atoms. The molecular weight excluding hydrogens is 264 g/mol. The second-order valence-electron chi connectivity index (χ2n) is 4.65. The quantitative estimate of drug-likeness (QED) is 0.585. The molecule has 0 aliphatic rings. The van der Waals surface area contributed by atoms with Crippen molar-refractivity contribution in [2.24, 2.45) is 0 Å². The summed E-state index contributed by atoms with van der Waals surface area (Å²) in [5.74, 6) is 0. The maximum absolute atomic E-state index is 12.3. The highest BCUT2D eigenvalue weighted by Gasteiger charge is 2.22. The van der Waals surface area contributed by atoms with E-state index in [9.17, 15) is 8.42 Å². The lowest BCUT2D eigenvalue weighted by Gasteiger charge is -2.18. The lowest BCUT2D eigenvalue weighted by atomic mass is 10.2. The minimum absolute atomic E-state index is 0.140. The number of aryl methyl sites for hydroxylation is 1. The molecule has 0 radical (unpaired) electrons. The Hall–Kier alpha value is -1.11. The molecule has 0 aromatic heterocycles. The number of nitrogens with zero attached hydrogens (tertiary/aromatic N) is 1. The van der Waals surface area contributed by atoms with Crippen LogP contribution in [0.3, 0.4) is 0 Å². The smallest absolute Gasteiger partial charge is 0.244 e. The van der Waals surface area contributed by atoms with E-state index in [2.05, 4.69) is 0 Å². The van der Waals surface area contributed by atoms with Crippen molar-refractivity contribution in [1.82, 2.24) is 4.31 Å². The molecule has 3 N–H and O–H groups in total. The maximum atomic E-state index is 12.3. The number of nitrogen functional groups attached to an aromatic ring is 1. The molecule has 0 unspecified atom stereocenters. The SMILES string of the molecule is Cc1ccc(S(=O)(=O)N(C)CCCCCO)c(N)c1. The minimum atomic E-state index is -3.53. The second kappa shape index (κ2) is 6.88. The van der Waals surface area contributed by atoms with E-state index in [1.165, 1.54) is 4.31 Å². The number of rotatable bonds is 7. The lowest BCUT2D eigenvalue weighted by Crippen LogP contribution is -2.28. The fourth-order valence-electron chi connectivity index (χ4n) is 1.81. The molecule has 19 heavy (non-hydrogen) atoms. The van der Waals surface area contributed by atoms with Gasteiger partial charge in [-0.3, -0.25) is 0 Å². The number of benzene rings is 1. The van der Waals surface area contributed by atoms with Crippen molar-refractivity contribution in [3.63, 3.8) is 0 Å². The van der Waals surface area contributed by atoms with Gasteiger partial charge in [0.2, 0.25) is 10.0 Å². The van der Waals surface area contributed by atoms with Gasteiger partial charge in [-0.25, -0.2) is 12.7 Å². The van der Waals surface area contributed by atoms with E-state index in [4.69, 9.17) is 10.8 Å². The number of anilines is 1. The summed E-state index contributed by atoms with van der Waals surface area (Å²) in [7, 11) is -1.98. The number of hydrogen-bond acceptors (Lipinski definition) is 4. The number of aliphatic hydroxyl groups excluding tert-OH is 1. The van der Waals surface area contributed by atoms with Crippen molar-refractivity contribution in [3.8, 4) is 0 Å². The third-order valence-corrected chi connectivity index (χ3v) is 4.92. The molecule has 0 heterocycles. The van der Waals surface area contributed by atoms with E-state index >= 15 is 0 Å². The van der Waals surface area contributed by atoms with Gasteiger partial charge in [-0.05, 0) is 43.9 Å². The normalized spacial score (nSPS) is 12.0. The van der Waals surface area contributed by atoms with Crippen LogP contribution in [0.25, 0.3) is 0 Å². The van der Waals surface area contributed by atoms with Crippen molar-refractivity contribution in [2.45, 2.75) is 31.1 Å². The summed E-state index contributed by atoms with van der Waals surface area (Å²) < 4.78 is 26.0. The van der Waals surface area contributed by atoms with Crippen molar-refractivity contribution < 1.29 is 13.5 Å². The molecule has 1 rings (SSSR count). The Morgan fingerprint density at radius 2 is 1.95 bits per heavy atom. The third-order valence-electron chi connectivity index (χ3n) is 2.98. The molecule has 0 atom stereocenters. The molecular formula is C13H22N2O3S. The summed E-state index contributed by atoms with van der Waals surface area (Å²) in [6, 6.07) is 4.94. The third kappa shape index (κ3) is 4.19. The van der Waals surface area contributed by atoms with Gasteiger partial charge in [0.05, 0.1) is 5.69 Å². The molecule has 108 valence electrons. The van der Waals surface area contributed by atoms with Crippen molar-refractivity contribution >= 4 is 15.7 Å². The lowest BCUT2D eigenvalue weighted by molar-refractivity contribution is 0.281. The molecule has 0 saturated carbocycles. The van der Waals surface area contributed by atoms with E-state index in [0.717, 1.165) is 18.4 Å². The molecule has 6 heteroatoms. The zero-order valence-electron chi connectivity index (χ0n) is 11.5. The van der Waals surface area contributed by atoms with Crippen molar-refractivity contribution in [2.75, 3.05) is 25.9 Å². The summed E-state index contributed by atoms with van der Waals surface area (Å²) in [4.78, 5) is 0.155. The first-order valence-electron chi connectivity index (χ1n) is 6.33. The Bertz CT molecular complexity index is 515. The average molecular weight is 286 g/mol. The van der Waals surface area contributed by atoms with Crippen molar-refractivity contribution in [3.05, 3.63) is 23.8 Å². The van der Waals surface area contributed by atoms with E-state index in [1.54, 1.807) is 25.2 Å². The van der Waals surface area contributed by atoms with Gasteiger partial charge < -0.3 is 10.8 Å². The van der Waals surface area contributed by atoms with Gasteiger partial charge in [-0.2, -0.15) is 0 Å². The Morgan fingerprint density at radius 3 is 2.53 bits per heavy atom. The molecule has 0 aliphatic carbocycles. The number of sulfonamides is 1. The Labute approximate surface area is 115 Å². The largest absolute Gasteiger partial charge is 0.398 e. The van der Waals surface area contributed by atoms with Crippen LogP contribution in [0.15, 0.2) is 23.1 Å². The van der Waals surface area contributed by atoms with Gasteiger partial charge in [-0.15, -0.1) is 0 Å². The van der Waals surface area contributed by atoms with Gasteiger partial charge in [0.25, 0.3) is 0 Å². The van der Waals surface area contributed by atoms with Crippen LogP contribution in [0.4, 0.5) is 5.69 Å².